The Balaban J connectivity index is 1.65. The molecule has 1 fully saturated rings. The molecule has 0 aliphatic heterocycles. The molecule has 0 saturated heterocycles. The number of carbonyl (C=O) groups is 2. The van der Waals surface area contributed by atoms with Crippen LogP contribution in [0, 0.1) is 0 Å². The predicted molar refractivity (Wildman–Crippen MR) is 123 cm³/mol. The van der Waals surface area contributed by atoms with Gasteiger partial charge in [-0.3, -0.25) is 4.79 Å². The average molecular weight is 424 g/mol. The number of fused-ring (bicyclic) bond motifs is 1. The summed E-state index contributed by atoms with van der Waals surface area (Å²) in [6.45, 7) is 1.33. The molecule has 32 heavy (non-hydrogen) atoms. The van der Waals surface area contributed by atoms with Gasteiger partial charge in [-0.15, -0.1) is 0 Å². The number of ether oxygens (including phenoxy) is 2. The number of rotatable bonds is 5. The first-order valence-corrected chi connectivity index (χ1v) is 10.9. The molecule has 0 unspecified atom stereocenters. The molecule has 0 heterocycles. The number of allylic oxidation sites excluding steroid dienone is 1. The van der Waals surface area contributed by atoms with Gasteiger partial charge in [-0.25, -0.2) is 4.79 Å². The molecular weight excluding hydrogens is 400 g/mol. The highest BCUT2D eigenvalue weighted by molar-refractivity contribution is 5.98. The fourth-order valence-electron chi connectivity index (χ4n) is 4.45. The molecule has 3 aromatic carbocycles. The number of carbonyl (C=O) groups excluding carboxylic acids is 2. The van der Waals surface area contributed by atoms with Crippen molar-refractivity contribution in [1.29, 1.82) is 0 Å². The highest BCUT2D eigenvalue weighted by Gasteiger charge is 2.37. The van der Waals surface area contributed by atoms with Gasteiger partial charge in [0.05, 0.1) is 0 Å². The second-order valence-corrected chi connectivity index (χ2v) is 8.42. The lowest BCUT2D eigenvalue weighted by Crippen LogP contribution is -2.31. The second-order valence-electron chi connectivity index (χ2n) is 8.42. The molecule has 0 N–H and O–H groups in total. The highest BCUT2D eigenvalue weighted by Crippen LogP contribution is 2.44. The lowest BCUT2D eigenvalue weighted by molar-refractivity contribution is -0.131. The third-order valence-corrected chi connectivity index (χ3v) is 6.14. The minimum absolute atomic E-state index is 0.0381. The van der Waals surface area contributed by atoms with Crippen molar-refractivity contribution in [1.82, 2.24) is 0 Å². The normalized spacial score (nSPS) is 16.2. The van der Waals surface area contributed by atoms with Gasteiger partial charge >= 0.3 is 11.9 Å². The summed E-state index contributed by atoms with van der Waals surface area (Å²) in [5.74, 6) is -0.649. The first-order chi connectivity index (χ1) is 15.6. The molecule has 0 bridgehead atoms. The molecule has 0 spiro atoms. The zero-order valence-electron chi connectivity index (χ0n) is 17.9. The summed E-state index contributed by atoms with van der Waals surface area (Å²) in [6, 6.07) is 24.4. The molecule has 0 aromatic heterocycles. The standard InChI is InChI=1S/C28H24O4/c1-19(29)31-25-15-12-20-18-28(21-8-4-2-5-9-21,22-10-6-3-7-11-22)17-16-24(20)26(25)27(30)32-23-13-14-23/h2-12,15-17,23H,13-14,18H2,1H3. The Kier molecular flexibility index (Phi) is 5.14. The fraction of sp³-hybridized carbons (Fsp3) is 0.214. The first-order valence-electron chi connectivity index (χ1n) is 10.9. The molecule has 160 valence electrons. The van der Waals surface area contributed by atoms with Crippen LogP contribution in [-0.2, 0) is 21.4 Å². The number of esters is 2. The van der Waals surface area contributed by atoms with Gasteiger partial charge in [-0.1, -0.05) is 78.9 Å². The van der Waals surface area contributed by atoms with Crippen LogP contribution < -0.4 is 4.74 Å². The summed E-state index contributed by atoms with van der Waals surface area (Å²) in [4.78, 5) is 24.7. The van der Waals surface area contributed by atoms with E-state index < -0.39 is 11.9 Å². The van der Waals surface area contributed by atoms with Crippen molar-refractivity contribution in [3.8, 4) is 5.75 Å². The van der Waals surface area contributed by atoms with Crippen molar-refractivity contribution >= 4 is 18.0 Å². The smallest absolute Gasteiger partial charge is 0.342 e. The van der Waals surface area contributed by atoms with Crippen molar-refractivity contribution < 1.29 is 19.1 Å². The first kappa shape index (κ1) is 20.3. The van der Waals surface area contributed by atoms with Crippen LogP contribution in [0.15, 0.2) is 78.9 Å². The minimum Gasteiger partial charge on any atom is -0.459 e. The monoisotopic (exact) mass is 424 g/mol. The van der Waals surface area contributed by atoms with E-state index in [0.717, 1.165) is 24.0 Å². The Morgan fingerprint density at radius 3 is 2.06 bits per heavy atom. The van der Waals surface area contributed by atoms with E-state index in [2.05, 4.69) is 30.3 Å². The van der Waals surface area contributed by atoms with Gasteiger partial charge in [0.15, 0.2) is 0 Å². The Morgan fingerprint density at radius 1 is 0.875 bits per heavy atom. The van der Waals surface area contributed by atoms with Gasteiger partial charge in [0.1, 0.15) is 17.4 Å². The molecule has 0 radical (unpaired) electrons. The van der Waals surface area contributed by atoms with Crippen molar-refractivity contribution in [2.75, 3.05) is 0 Å². The average Bonchev–Trinajstić information content (AvgIpc) is 3.63. The van der Waals surface area contributed by atoms with E-state index in [1.54, 1.807) is 6.07 Å². The van der Waals surface area contributed by atoms with E-state index >= 15 is 0 Å². The fourth-order valence-corrected chi connectivity index (χ4v) is 4.45. The quantitative estimate of drug-likeness (QED) is 0.402. The Bertz CT molecular complexity index is 1150. The van der Waals surface area contributed by atoms with Crippen LogP contribution in [0.1, 0.15) is 52.4 Å². The maximum absolute atomic E-state index is 13.0. The lowest BCUT2D eigenvalue weighted by atomic mass is 9.67. The van der Waals surface area contributed by atoms with Crippen LogP contribution in [0.2, 0.25) is 0 Å². The number of hydrogen-bond acceptors (Lipinski definition) is 4. The van der Waals surface area contributed by atoms with E-state index in [4.69, 9.17) is 9.47 Å². The number of hydrogen-bond donors (Lipinski definition) is 0. The van der Waals surface area contributed by atoms with Crippen molar-refractivity contribution in [3.05, 3.63) is 107 Å². The van der Waals surface area contributed by atoms with E-state index in [0.29, 0.717) is 12.0 Å². The molecule has 2 aliphatic carbocycles. The zero-order chi connectivity index (χ0) is 22.1. The van der Waals surface area contributed by atoms with Crippen LogP contribution in [-0.4, -0.2) is 18.0 Å². The van der Waals surface area contributed by atoms with E-state index in [-0.39, 0.29) is 17.3 Å². The molecule has 1 saturated carbocycles. The summed E-state index contributed by atoms with van der Waals surface area (Å²) in [7, 11) is 0. The molecule has 0 atom stereocenters. The third kappa shape index (κ3) is 3.73. The van der Waals surface area contributed by atoms with Crippen LogP contribution in [0.4, 0.5) is 0 Å². The molecule has 0 amide bonds. The zero-order valence-corrected chi connectivity index (χ0v) is 17.9. The van der Waals surface area contributed by atoms with Crippen LogP contribution in [0.5, 0.6) is 5.75 Å². The van der Waals surface area contributed by atoms with Crippen molar-refractivity contribution in [3.63, 3.8) is 0 Å². The van der Waals surface area contributed by atoms with Crippen LogP contribution in [0.25, 0.3) is 6.08 Å². The highest BCUT2D eigenvalue weighted by atomic mass is 16.6. The maximum atomic E-state index is 13.0. The summed E-state index contributed by atoms with van der Waals surface area (Å²) in [6.07, 6.45) is 6.54. The van der Waals surface area contributed by atoms with Gasteiger partial charge in [0.25, 0.3) is 0 Å². The summed E-state index contributed by atoms with van der Waals surface area (Å²) < 4.78 is 11.0. The summed E-state index contributed by atoms with van der Waals surface area (Å²) in [5, 5.41) is 0. The van der Waals surface area contributed by atoms with Crippen LogP contribution in [0.3, 0.4) is 0 Å². The largest absolute Gasteiger partial charge is 0.459 e. The van der Waals surface area contributed by atoms with Crippen LogP contribution >= 0.6 is 0 Å². The Labute approximate surface area is 187 Å². The van der Waals surface area contributed by atoms with E-state index in [9.17, 15) is 9.59 Å². The van der Waals surface area contributed by atoms with Crippen molar-refractivity contribution in [2.45, 2.75) is 37.7 Å². The topological polar surface area (TPSA) is 52.6 Å². The molecule has 4 nitrogen and oxygen atoms in total. The van der Waals surface area contributed by atoms with Crippen molar-refractivity contribution in [2.24, 2.45) is 0 Å². The summed E-state index contributed by atoms with van der Waals surface area (Å²) in [5.41, 5.74) is 4.10. The van der Waals surface area contributed by atoms with Gasteiger partial charge in [0, 0.05) is 12.3 Å². The van der Waals surface area contributed by atoms with Gasteiger partial charge < -0.3 is 9.47 Å². The summed E-state index contributed by atoms with van der Waals surface area (Å²) >= 11 is 0. The molecule has 4 heteroatoms. The molecule has 3 aromatic rings. The van der Waals surface area contributed by atoms with Gasteiger partial charge in [0.2, 0.25) is 0 Å². The maximum Gasteiger partial charge on any atom is 0.342 e. The molecule has 2 aliphatic rings. The molecular formula is C28H24O4. The second kappa shape index (κ2) is 8.12. The van der Waals surface area contributed by atoms with Gasteiger partial charge in [-0.2, -0.15) is 0 Å². The third-order valence-electron chi connectivity index (χ3n) is 6.14. The SMILES string of the molecule is CC(=O)Oc1ccc2c(c1C(=O)OC1CC1)C=CC(c1ccccc1)(c1ccccc1)C2. The minimum atomic E-state index is -0.465. The van der Waals surface area contributed by atoms with E-state index in [1.807, 2.05) is 48.5 Å². The van der Waals surface area contributed by atoms with E-state index in [1.165, 1.54) is 18.1 Å². The molecule has 5 rings (SSSR count). The predicted octanol–water partition coefficient (Wildman–Crippen LogP) is 5.49. The number of benzene rings is 3. The Morgan fingerprint density at radius 2 is 1.50 bits per heavy atom. The van der Waals surface area contributed by atoms with Gasteiger partial charge in [-0.05, 0) is 47.6 Å². The lowest BCUT2D eigenvalue weighted by Gasteiger charge is -2.36. The Hall–Kier alpha value is -3.66.